The number of nitrogens with zero attached hydrogens (tertiary/aromatic N) is 3. The van der Waals surface area contributed by atoms with Crippen LogP contribution in [0, 0.1) is 24.4 Å². The van der Waals surface area contributed by atoms with E-state index in [1.807, 2.05) is 0 Å². The van der Waals surface area contributed by atoms with Gasteiger partial charge in [0.05, 0.1) is 18.1 Å². The molecule has 2 aliphatic rings. The fourth-order valence-corrected chi connectivity index (χ4v) is 7.86. The van der Waals surface area contributed by atoms with Gasteiger partial charge in [-0.15, -0.1) is 0 Å². The molecule has 2 saturated heterocycles. The van der Waals surface area contributed by atoms with Gasteiger partial charge in [-0.2, -0.15) is 17.0 Å². The predicted molar refractivity (Wildman–Crippen MR) is 158 cm³/mol. The molecule has 2 atom stereocenters. The number of anilines is 1. The Bertz CT molecular complexity index is 1530. The van der Waals surface area contributed by atoms with E-state index in [2.05, 4.69) is 15.6 Å². The highest BCUT2D eigenvalue weighted by Gasteiger charge is 2.37. The van der Waals surface area contributed by atoms with E-state index >= 15 is 4.39 Å². The predicted octanol–water partition coefficient (Wildman–Crippen LogP) is 4.52. The van der Waals surface area contributed by atoms with E-state index in [1.54, 1.807) is 25.1 Å². The second kappa shape index (κ2) is 13.5. The smallest absolute Gasteiger partial charge is 0.282 e. The summed E-state index contributed by atoms with van der Waals surface area (Å²) in [4.78, 5) is 17.3. The molecule has 0 spiro atoms. The van der Waals surface area contributed by atoms with E-state index in [4.69, 9.17) is 0 Å². The van der Waals surface area contributed by atoms with Crippen LogP contribution in [0.3, 0.4) is 0 Å². The number of aryl methyl sites for hydroxylation is 1. The Morgan fingerprint density at radius 1 is 1.02 bits per heavy atom. The highest BCUT2D eigenvalue weighted by molar-refractivity contribution is 7.86. The second-order valence-electron chi connectivity index (χ2n) is 11.2. The number of hydrogen-bond acceptors (Lipinski definition) is 5. The van der Waals surface area contributed by atoms with Crippen molar-refractivity contribution in [1.29, 1.82) is 0 Å². The van der Waals surface area contributed by atoms with E-state index in [1.165, 1.54) is 39.1 Å². The molecule has 5 rings (SSSR count). The Balaban J connectivity index is 1.33. The SMILES string of the molecule is Cc1cc(F)cc([C@@H](CC(=O)Nc2cncc(F)c2CC[C@H]2CNCCN2S(=O)(=O)N2CCCC2)c2ccc(F)cc2)c1. The Morgan fingerprint density at radius 2 is 1.77 bits per heavy atom. The fourth-order valence-electron chi connectivity index (χ4n) is 5.97. The third-order valence-electron chi connectivity index (χ3n) is 8.12. The molecule has 230 valence electrons. The van der Waals surface area contributed by atoms with Crippen molar-refractivity contribution in [2.24, 2.45) is 0 Å². The molecule has 2 fully saturated rings. The van der Waals surface area contributed by atoms with Crippen molar-refractivity contribution in [3.63, 3.8) is 0 Å². The average molecular weight is 616 g/mol. The molecule has 8 nitrogen and oxygen atoms in total. The third-order valence-corrected chi connectivity index (χ3v) is 10.2. The molecule has 0 radical (unpaired) electrons. The number of hydrogen-bond donors (Lipinski definition) is 2. The maximum atomic E-state index is 15.1. The van der Waals surface area contributed by atoms with Crippen molar-refractivity contribution in [3.8, 4) is 0 Å². The topological polar surface area (TPSA) is 94.6 Å². The first-order chi connectivity index (χ1) is 20.6. The van der Waals surface area contributed by atoms with Crippen LogP contribution in [-0.2, 0) is 21.4 Å². The van der Waals surface area contributed by atoms with Gasteiger partial charge in [0.25, 0.3) is 10.2 Å². The largest absolute Gasteiger partial charge is 0.324 e. The molecule has 0 unspecified atom stereocenters. The van der Waals surface area contributed by atoms with Gasteiger partial charge >= 0.3 is 0 Å². The molecule has 3 aromatic rings. The van der Waals surface area contributed by atoms with Crippen molar-refractivity contribution in [2.75, 3.05) is 38.0 Å². The first-order valence-corrected chi connectivity index (χ1v) is 15.9. The summed E-state index contributed by atoms with van der Waals surface area (Å²) in [5.41, 5.74) is 2.28. The zero-order valence-electron chi connectivity index (χ0n) is 24.0. The monoisotopic (exact) mass is 615 g/mol. The van der Waals surface area contributed by atoms with Crippen molar-refractivity contribution in [3.05, 3.63) is 94.6 Å². The number of aromatic nitrogens is 1. The molecule has 1 amide bonds. The molecule has 43 heavy (non-hydrogen) atoms. The Morgan fingerprint density at radius 3 is 2.49 bits per heavy atom. The Hall–Kier alpha value is -3.32. The van der Waals surface area contributed by atoms with Gasteiger partial charge in [0.1, 0.15) is 17.5 Å². The summed E-state index contributed by atoms with van der Waals surface area (Å²) in [6, 6.07) is 9.82. The normalized spacial score (nSPS) is 18.9. The van der Waals surface area contributed by atoms with E-state index in [0.717, 1.165) is 19.0 Å². The van der Waals surface area contributed by atoms with Crippen LogP contribution in [0.25, 0.3) is 0 Å². The fraction of sp³-hybridized carbons (Fsp3) is 0.419. The maximum absolute atomic E-state index is 15.1. The zero-order chi connectivity index (χ0) is 30.6. The minimum Gasteiger partial charge on any atom is -0.324 e. The third kappa shape index (κ3) is 7.43. The van der Waals surface area contributed by atoms with Gasteiger partial charge in [0.15, 0.2) is 0 Å². The number of halogens is 3. The first-order valence-electron chi connectivity index (χ1n) is 14.5. The van der Waals surface area contributed by atoms with Gasteiger partial charge in [-0.1, -0.05) is 18.2 Å². The van der Waals surface area contributed by atoms with Crippen LogP contribution < -0.4 is 10.6 Å². The summed E-state index contributed by atoms with van der Waals surface area (Å²) in [7, 11) is -3.63. The van der Waals surface area contributed by atoms with E-state index in [0.29, 0.717) is 55.8 Å². The molecule has 0 saturated carbocycles. The van der Waals surface area contributed by atoms with Crippen molar-refractivity contribution >= 4 is 21.8 Å². The number of nitrogens with one attached hydrogen (secondary N) is 2. The summed E-state index contributed by atoms with van der Waals surface area (Å²) in [5, 5.41) is 6.01. The Labute approximate surface area is 250 Å². The zero-order valence-corrected chi connectivity index (χ0v) is 24.8. The first kappa shape index (κ1) is 31.1. The van der Waals surface area contributed by atoms with Crippen LogP contribution in [0.1, 0.15) is 53.9 Å². The molecule has 0 bridgehead atoms. The van der Waals surface area contributed by atoms with Crippen molar-refractivity contribution < 1.29 is 26.4 Å². The summed E-state index contributed by atoms with van der Waals surface area (Å²) in [6.45, 7) is 4.06. The average Bonchev–Trinajstić information content (AvgIpc) is 3.52. The number of benzene rings is 2. The number of carbonyl (C=O) groups is 1. The van der Waals surface area contributed by atoms with Crippen LogP contribution in [0.15, 0.2) is 54.9 Å². The van der Waals surface area contributed by atoms with Gasteiger partial charge in [0.2, 0.25) is 5.91 Å². The summed E-state index contributed by atoms with van der Waals surface area (Å²) >= 11 is 0. The van der Waals surface area contributed by atoms with Gasteiger partial charge in [0, 0.05) is 56.7 Å². The van der Waals surface area contributed by atoms with Crippen molar-refractivity contribution in [2.45, 2.75) is 51.0 Å². The molecule has 1 aromatic heterocycles. The number of rotatable bonds is 10. The lowest BCUT2D eigenvalue weighted by molar-refractivity contribution is -0.116. The lowest BCUT2D eigenvalue weighted by atomic mass is 9.87. The minimum absolute atomic E-state index is 0.112. The molecule has 2 aliphatic heterocycles. The highest BCUT2D eigenvalue weighted by Crippen LogP contribution is 2.31. The van der Waals surface area contributed by atoms with Crippen molar-refractivity contribution in [1.82, 2.24) is 18.9 Å². The molecule has 2 aromatic carbocycles. The van der Waals surface area contributed by atoms with Crippen LogP contribution in [-0.4, -0.2) is 66.7 Å². The molecular formula is C31H36F3N5O3S. The van der Waals surface area contributed by atoms with Crippen LogP contribution in [0.4, 0.5) is 18.9 Å². The van der Waals surface area contributed by atoms with Crippen LogP contribution >= 0.6 is 0 Å². The molecule has 2 N–H and O–H groups in total. The summed E-state index contributed by atoms with van der Waals surface area (Å²) < 4.78 is 72.8. The molecule has 3 heterocycles. The standard InChI is InChI=1S/C31H36F3N5O3S/c1-21-14-23(16-25(33)15-21)28(22-4-6-24(32)7-5-22)17-31(40)37-30-20-36-19-29(34)27(30)9-8-26-18-35-10-13-39(26)43(41,42)38-11-2-3-12-38/h4-7,14-16,19-20,26,28,35H,2-3,8-13,17-18H2,1H3,(H,37,40)/t26-,28-/m0/s1. The lowest BCUT2D eigenvalue weighted by Gasteiger charge is -2.37. The number of pyridine rings is 1. The van der Waals surface area contributed by atoms with Gasteiger partial charge in [-0.3, -0.25) is 9.78 Å². The van der Waals surface area contributed by atoms with Crippen LogP contribution in [0.2, 0.25) is 0 Å². The van der Waals surface area contributed by atoms with Gasteiger partial charge in [-0.25, -0.2) is 13.2 Å². The summed E-state index contributed by atoms with van der Waals surface area (Å²) in [5.74, 6) is -2.53. The number of carbonyl (C=O) groups excluding carboxylic acids is 1. The van der Waals surface area contributed by atoms with E-state index < -0.39 is 39.5 Å². The molecular weight excluding hydrogens is 579 g/mol. The molecule has 12 heteroatoms. The van der Waals surface area contributed by atoms with E-state index in [-0.39, 0.29) is 30.1 Å². The maximum Gasteiger partial charge on any atom is 0.282 e. The van der Waals surface area contributed by atoms with Crippen LogP contribution in [0.5, 0.6) is 0 Å². The lowest BCUT2D eigenvalue weighted by Crippen LogP contribution is -2.57. The highest BCUT2D eigenvalue weighted by atomic mass is 32.2. The summed E-state index contributed by atoms with van der Waals surface area (Å²) in [6.07, 6.45) is 4.51. The van der Waals surface area contributed by atoms with Gasteiger partial charge < -0.3 is 10.6 Å². The number of amides is 1. The number of piperazine rings is 1. The van der Waals surface area contributed by atoms with Gasteiger partial charge in [-0.05, 0) is 73.6 Å². The molecule has 0 aliphatic carbocycles. The minimum atomic E-state index is -3.63. The Kier molecular flexibility index (Phi) is 9.80. The van der Waals surface area contributed by atoms with E-state index in [9.17, 15) is 22.0 Å². The quantitative estimate of drug-likeness (QED) is 0.350. The second-order valence-corrected chi connectivity index (χ2v) is 13.1.